The van der Waals surface area contributed by atoms with Gasteiger partial charge in [-0.05, 0) is 22.6 Å². The van der Waals surface area contributed by atoms with Crippen LogP contribution in [0.15, 0.2) is 60.0 Å². The fraction of sp³-hybridized carbons (Fsp3) is 0.182. The summed E-state index contributed by atoms with van der Waals surface area (Å²) in [4.78, 5) is 4.63. The van der Waals surface area contributed by atoms with Crippen molar-refractivity contribution in [1.82, 2.24) is 4.98 Å². The highest BCUT2D eigenvalue weighted by Gasteiger charge is 2.13. The Labute approximate surface area is 153 Å². The fourth-order valence-corrected chi connectivity index (χ4v) is 3.32. The minimum atomic E-state index is 0.125. The SMILES string of the molecule is CC(C)(C)c1ccc(/C=C(\C#N)c2nc(-c3ccccc3)cs2)cc1. The molecule has 124 valence electrons. The lowest BCUT2D eigenvalue weighted by molar-refractivity contribution is 0.590. The molecule has 25 heavy (non-hydrogen) atoms. The van der Waals surface area contributed by atoms with E-state index in [1.165, 1.54) is 16.9 Å². The van der Waals surface area contributed by atoms with E-state index in [-0.39, 0.29) is 5.41 Å². The Morgan fingerprint density at radius 1 is 1.04 bits per heavy atom. The molecule has 1 aromatic heterocycles. The third-order valence-electron chi connectivity index (χ3n) is 4.01. The number of allylic oxidation sites excluding steroid dienone is 1. The van der Waals surface area contributed by atoms with E-state index in [9.17, 15) is 5.26 Å². The first-order valence-corrected chi connectivity index (χ1v) is 9.09. The Hall–Kier alpha value is -2.70. The van der Waals surface area contributed by atoms with Crippen molar-refractivity contribution in [2.75, 3.05) is 0 Å². The summed E-state index contributed by atoms with van der Waals surface area (Å²) in [7, 11) is 0. The molecule has 0 aliphatic rings. The van der Waals surface area contributed by atoms with Crippen molar-refractivity contribution in [3.63, 3.8) is 0 Å². The first-order valence-electron chi connectivity index (χ1n) is 8.21. The lowest BCUT2D eigenvalue weighted by Gasteiger charge is -2.18. The number of aromatic nitrogens is 1. The molecule has 0 N–H and O–H groups in total. The summed E-state index contributed by atoms with van der Waals surface area (Å²) in [5.74, 6) is 0. The van der Waals surface area contributed by atoms with Crippen molar-refractivity contribution < 1.29 is 0 Å². The molecule has 3 heteroatoms. The number of hydrogen-bond acceptors (Lipinski definition) is 3. The average molecular weight is 344 g/mol. The molecular formula is C22H20N2S. The van der Waals surface area contributed by atoms with E-state index in [0.717, 1.165) is 21.8 Å². The van der Waals surface area contributed by atoms with Crippen molar-refractivity contribution in [2.24, 2.45) is 0 Å². The Morgan fingerprint density at radius 3 is 2.32 bits per heavy atom. The number of benzene rings is 2. The smallest absolute Gasteiger partial charge is 0.134 e. The van der Waals surface area contributed by atoms with Gasteiger partial charge < -0.3 is 0 Å². The highest BCUT2D eigenvalue weighted by Crippen LogP contribution is 2.28. The van der Waals surface area contributed by atoms with E-state index in [1.807, 2.05) is 41.8 Å². The lowest BCUT2D eigenvalue weighted by atomic mass is 9.86. The lowest BCUT2D eigenvalue weighted by Crippen LogP contribution is -2.10. The van der Waals surface area contributed by atoms with Gasteiger partial charge in [-0.3, -0.25) is 0 Å². The van der Waals surface area contributed by atoms with Crippen LogP contribution in [0.4, 0.5) is 0 Å². The molecule has 0 unspecified atom stereocenters. The Kier molecular flexibility index (Phi) is 4.83. The summed E-state index contributed by atoms with van der Waals surface area (Å²) < 4.78 is 0. The molecule has 0 spiro atoms. The van der Waals surface area contributed by atoms with E-state index in [4.69, 9.17) is 0 Å². The predicted octanol–water partition coefficient (Wildman–Crippen LogP) is 6.17. The van der Waals surface area contributed by atoms with Crippen LogP contribution in [0.3, 0.4) is 0 Å². The topological polar surface area (TPSA) is 36.7 Å². The second-order valence-electron chi connectivity index (χ2n) is 6.95. The fourth-order valence-electron chi connectivity index (χ4n) is 2.53. The van der Waals surface area contributed by atoms with Crippen molar-refractivity contribution in [3.05, 3.63) is 76.1 Å². The van der Waals surface area contributed by atoms with Crippen molar-refractivity contribution >= 4 is 23.0 Å². The van der Waals surface area contributed by atoms with Gasteiger partial charge in [0, 0.05) is 10.9 Å². The molecule has 0 saturated carbocycles. The van der Waals surface area contributed by atoms with Crippen molar-refractivity contribution in [1.29, 1.82) is 5.26 Å². The van der Waals surface area contributed by atoms with Gasteiger partial charge in [-0.15, -0.1) is 11.3 Å². The number of nitrogens with zero attached hydrogens (tertiary/aromatic N) is 2. The largest absolute Gasteiger partial charge is 0.235 e. The Balaban J connectivity index is 1.89. The summed E-state index contributed by atoms with van der Waals surface area (Å²) in [5.41, 5.74) is 4.99. The second kappa shape index (κ2) is 7.04. The van der Waals surface area contributed by atoms with Crippen LogP contribution in [0.5, 0.6) is 0 Å². The number of rotatable bonds is 3. The predicted molar refractivity (Wildman–Crippen MR) is 106 cm³/mol. The third kappa shape index (κ3) is 4.04. The van der Waals surface area contributed by atoms with Crippen LogP contribution < -0.4 is 0 Å². The second-order valence-corrected chi connectivity index (χ2v) is 7.80. The van der Waals surface area contributed by atoms with Crippen LogP contribution in [0.1, 0.15) is 36.9 Å². The Morgan fingerprint density at radius 2 is 1.72 bits per heavy atom. The quantitative estimate of drug-likeness (QED) is 0.533. The first kappa shape index (κ1) is 17.1. The number of hydrogen-bond donors (Lipinski definition) is 0. The molecule has 0 atom stereocenters. The zero-order chi connectivity index (χ0) is 17.9. The van der Waals surface area contributed by atoms with Crippen LogP contribution in [0.25, 0.3) is 22.9 Å². The van der Waals surface area contributed by atoms with Gasteiger partial charge in [-0.1, -0.05) is 75.4 Å². The Bertz CT molecular complexity index is 921. The molecule has 1 heterocycles. The van der Waals surface area contributed by atoms with Crippen molar-refractivity contribution in [2.45, 2.75) is 26.2 Å². The van der Waals surface area contributed by atoms with E-state index in [2.05, 4.69) is 56.1 Å². The maximum Gasteiger partial charge on any atom is 0.134 e. The van der Waals surface area contributed by atoms with Gasteiger partial charge in [-0.2, -0.15) is 5.26 Å². The third-order valence-corrected chi connectivity index (χ3v) is 4.89. The van der Waals surface area contributed by atoms with Crippen LogP contribution >= 0.6 is 11.3 Å². The van der Waals surface area contributed by atoms with Crippen LogP contribution in [0, 0.1) is 11.3 Å². The monoisotopic (exact) mass is 344 g/mol. The average Bonchev–Trinajstić information content (AvgIpc) is 3.10. The van der Waals surface area contributed by atoms with Gasteiger partial charge in [0.2, 0.25) is 0 Å². The molecule has 0 amide bonds. The molecule has 0 fully saturated rings. The molecule has 3 rings (SSSR count). The van der Waals surface area contributed by atoms with Gasteiger partial charge in [-0.25, -0.2) is 4.98 Å². The minimum absolute atomic E-state index is 0.125. The van der Waals surface area contributed by atoms with E-state index in [1.54, 1.807) is 0 Å². The molecule has 0 saturated heterocycles. The highest BCUT2D eigenvalue weighted by molar-refractivity contribution is 7.11. The summed E-state index contributed by atoms with van der Waals surface area (Å²) in [6.07, 6.45) is 1.90. The van der Waals surface area contributed by atoms with Gasteiger partial charge >= 0.3 is 0 Å². The summed E-state index contributed by atoms with van der Waals surface area (Å²) in [5, 5.41) is 12.3. The normalized spacial score (nSPS) is 12.0. The van der Waals surface area contributed by atoms with Gasteiger partial charge in [0.15, 0.2) is 0 Å². The minimum Gasteiger partial charge on any atom is -0.235 e. The molecule has 0 aliphatic heterocycles. The molecule has 0 radical (unpaired) electrons. The van der Waals surface area contributed by atoms with Crippen LogP contribution in [-0.2, 0) is 5.41 Å². The molecule has 2 aromatic carbocycles. The van der Waals surface area contributed by atoms with E-state index in [0.29, 0.717) is 5.57 Å². The molecule has 0 aliphatic carbocycles. The molecular weight excluding hydrogens is 324 g/mol. The van der Waals surface area contributed by atoms with Gasteiger partial charge in [0.25, 0.3) is 0 Å². The standard InChI is InChI=1S/C22H20N2S/c1-22(2,3)19-11-9-16(10-12-19)13-18(14-23)21-24-20(15-25-21)17-7-5-4-6-8-17/h4-13,15H,1-3H3/b18-13+. The van der Waals surface area contributed by atoms with E-state index >= 15 is 0 Å². The molecule has 0 bridgehead atoms. The van der Waals surface area contributed by atoms with Crippen molar-refractivity contribution in [3.8, 4) is 17.3 Å². The van der Waals surface area contributed by atoms with Gasteiger partial charge in [0.05, 0.1) is 11.3 Å². The van der Waals surface area contributed by atoms with E-state index < -0.39 is 0 Å². The highest BCUT2D eigenvalue weighted by atomic mass is 32.1. The maximum absolute atomic E-state index is 9.55. The molecule has 3 aromatic rings. The van der Waals surface area contributed by atoms with Crippen LogP contribution in [-0.4, -0.2) is 4.98 Å². The molecule has 2 nitrogen and oxygen atoms in total. The summed E-state index contributed by atoms with van der Waals surface area (Å²) >= 11 is 1.50. The maximum atomic E-state index is 9.55. The zero-order valence-corrected chi connectivity index (χ0v) is 15.5. The van der Waals surface area contributed by atoms with Gasteiger partial charge in [0.1, 0.15) is 11.1 Å². The number of nitriles is 1. The number of thiazole rings is 1. The zero-order valence-electron chi connectivity index (χ0n) is 14.7. The summed E-state index contributed by atoms with van der Waals surface area (Å²) in [6, 6.07) is 20.7. The first-order chi connectivity index (χ1) is 12.0. The van der Waals surface area contributed by atoms with Crippen LogP contribution in [0.2, 0.25) is 0 Å². The summed E-state index contributed by atoms with van der Waals surface area (Å²) in [6.45, 7) is 6.58.